The second kappa shape index (κ2) is 5.05. The van der Waals surface area contributed by atoms with Crippen molar-refractivity contribution in [3.05, 3.63) is 17.2 Å². The van der Waals surface area contributed by atoms with Gasteiger partial charge in [0.2, 0.25) is 16.0 Å². The van der Waals surface area contributed by atoms with E-state index in [-0.39, 0.29) is 17.0 Å². The molecule has 1 aromatic heterocycles. The van der Waals surface area contributed by atoms with E-state index < -0.39 is 11.2 Å². The third-order valence-electron chi connectivity index (χ3n) is 2.54. The molecule has 2 rings (SSSR count). The molecular weight excluding hydrogens is 267 g/mol. The smallest absolute Gasteiger partial charge is 0.300 e. The van der Waals surface area contributed by atoms with Gasteiger partial charge in [-0.05, 0) is 19.3 Å². The van der Waals surface area contributed by atoms with E-state index >= 15 is 0 Å². The average Bonchev–Trinajstić information content (AvgIpc) is 2.78. The van der Waals surface area contributed by atoms with Crippen LogP contribution >= 0.6 is 11.3 Å². The Bertz CT molecular complexity index is 469. The monoisotopic (exact) mass is 277 g/mol. The molecule has 98 valence electrons. The molecule has 0 spiro atoms. The Labute approximate surface area is 105 Å². The molecule has 0 bridgehead atoms. The van der Waals surface area contributed by atoms with Crippen molar-refractivity contribution in [1.82, 2.24) is 10.2 Å². The molecule has 0 saturated carbocycles. The van der Waals surface area contributed by atoms with Crippen molar-refractivity contribution >= 4 is 22.4 Å². The largest absolute Gasteiger partial charge is 0.445 e. The van der Waals surface area contributed by atoms with Gasteiger partial charge in [-0.3, -0.25) is 4.79 Å². The lowest BCUT2D eigenvalue weighted by Gasteiger charge is -2.15. The van der Waals surface area contributed by atoms with Crippen LogP contribution in [0, 0.1) is 5.92 Å². The molecule has 1 N–H and O–H groups in total. The lowest BCUT2D eigenvalue weighted by molar-refractivity contribution is -0.138. The van der Waals surface area contributed by atoms with Gasteiger partial charge in [-0.25, -0.2) is 0 Å². The number of allylic oxidation sites excluding steroid dienone is 2. The molecule has 1 aliphatic rings. The minimum atomic E-state index is -4.52. The zero-order valence-electron chi connectivity index (χ0n) is 9.20. The van der Waals surface area contributed by atoms with Gasteiger partial charge in [0.1, 0.15) is 0 Å². The predicted octanol–water partition coefficient (Wildman–Crippen LogP) is 2.85. The van der Waals surface area contributed by atoms with Crippen LogP contribution in [0.25, 0.3) is 0 Å². The number of anilines is 1. The first-order valence-corrected chi connectivity index (χ1v) is 6.15. The highest BCUT2D eigenvalue weighted by Gasteiger charge is 2.36. The number of hydrogen-bond donors (Lipinski definition) is 1. The first kappa shape index (κ1) is 13.0. The van der Waals surface area contributed by atoms with Gasteiger partial charge < -0.3 is 5.32 Å². The van der Waals surface area contributed by atoms with Crippen molar-refractivity contribution in [1.29, 1.82) is 0 Å². The van der Waals surface area contributed by atoms with Crippen LogP contribution in [0.15, 0.2) is 12.2 Å². The number of carbonyl (C=O) groups is 1. The Morgan fingerprint density at radius 1 is 1.39 bits per heavy atom. The molecule has 8 heteroatoms. The number of rotatable bonds is 2. The number of aromatic nitrogens is 2. The summed E-state index contributed by atoms with van der Waals surface area (Å²) in [5, 5.41) is 7.53. The van der Waals surface area contributed by atoms with E-state index in [4.69, 9.17) is 0 Å². The summed E-state index contributed by atoms with van der Waals surface area (Å²) in [4.78, 5) is 11.7. The van der Waals surface area contributed by atoms with E-state index in [1.807, 2.05) is 12.2 Å². The van der Waals surface area contributed by atoms with Crippen LogP contribution in [0.4, 0.5) is 18.3 Å². The molecule has 0 fully saturated rings. The maximum Gasteiger partial charge on any atom is 0.445 e. The number of alkyl halides is 3. The van der Waals surface area contributed by atoms with Crippen LogP contribution in [0.1, 0.15) is 24.3 Å². The van der Waals surface area contributed by atoms with E-state index in [1.165, 1.54) is 0 Å². The highest BCUT2D eigenvalue weighted by Crippen LogP contribution is 2.33. The van der Waals surface area contributed by atoms with E-state index in [0.717, 1.165) is 6.42 Å². The lowest BCUT2D eigenvalue weighted by atomic mass is 9.94. The minimum Gasteiger partial charge on any atom is -0.300 e. The Hall–Kier alpha value is -1.44. The number of amides is 1. The molecule has 1 aliphatic carbocycles. The Kier molecular flexibility index (Phi) is 3.65. The van der Waals surface area contributed by atoms with E-state index in [9.17, 15) is 18.0 Å². The van der Waals surface area contributed by atoms with Gasteiger partial charge in [0, 0.05) is 5.92 Å². The van der Waals surface area contributed by atoms with Gasteiger partial charge >= 0.3 is 6.18 Å². The number of hydrogen-bond acceptors (Lipinski definition) is 4. The van der Waals surface area contributed by atoms with Crippen molar-refractivity contribution in [2.75, 3.05) is 5.32 Å². The highest BCUT2D eigenvalue weighted by molar-refractivity contribution is 7.15. The van der Waals surface area contributed by atoms with Crippen molar-refractivity contribution in [2.24, 2.45) is 5.92 Å². The van der Waals surface area contributed by atoms with Crippen LogP contribution in [-0.2, 0) is 11.0 Å². The first-order chi connectivity index (χ1) is 8.47. The van der Waals surface area contributed by atoms with Crippen molar-refractivity contribution in [3.63, 3.8) is 0 Å². The maximum absolute atomic E-state index is 12.3. The average molecular weight is 277 g/mol. The van der Waals surface area contributed by atoms with Crippen LogP contribution in [0.3, 0.4) is 0 Å². The Morgan fingerprint density at radius 3 is 2.72 bits per heavy atom. The van der Waals surface area contributed by atoms with Gasteiger partial charge in [0.05, 0.1) is 0 Å². The van der Waals surface area contributed by atoms with Crippen LogP contribution in [0.5, 0.6) is 0 Å². The fourth-order valence-corrected chi connectivity index (χ4v) is 2.24. The molecule has 1 aromatic rings. The Morgan fingerprint density at radius 2 is 2.17 bits per heavy atom. The SMILES string of the molecule is O=C(Nc1nnc(C(F)(F)F)s1)C1CC=CCC1. The molecule has 1 heterocycles. The topological polar surface area (TPSA) is 54.9 Å². The second-order valence-electron chi connectivity index (χ2n) is 3.88. The molecule has 0 aromatic carbocycles. The van der Waals surface area contributed by atoms with Crippen molar-refractivity contribution < 1.29 is 18.0 Å². The predicted molar refractivity (Wildman–Crippen MR) is 60.0 cm³/mol. The number of nitrogens with one attached hydrogen (secondary N) is 1. The van der Waals surface area contributed by atoms with Gasteiger partial charge in [-0.15, -0.1) is 10.2 Å². The summed E-state index contributed by atoms with van der Waals surface area (Å²) in [5.74, 6) is -0.502. The van der Waals surface area contributed by atoms with Crippen LogP contribution in [-0.4, -0.2) is 16.1 Å². The highest BCUT2D eigenvalue weighted by atomic mass is 32.1. The summed E-state index contributed by atoms with van der Waals surface area (Å²) >= 11 is 0.335. The fourth-order valence-electron chi connectivity index (χ4n) is 1.63. The molecule has 0 saturated heterocycles. The van der Waals surface area contributed by atoms with E-state index in [0.29, 0.717) is 24.2 Å². The summed E-state index contributed by atoms with van der Waals surface area (Å²) in [7, 11) is 0. The first-order valence-electron chi connectivity index (χ1n) is 5.33. The summed E-state index contributed by atoms with van der Waals surface area (Å²) in [6, 6.07) is 0. The molecule has 4 nitrogen and oxygen atoms in total. The molecule has 18 heavy (non-hydrogen) atoms. The van der Waals surface area contributed by atoms with Crippen LogP contribution < -0.4 is 5.32 Å². The van der Waals surface area contributed by atoms with Gasteiger partial charge in [-0.1, -0.05) is 23.5 Å². The van der Waals surface area contributed by atoms with Gasteiger partial charge in [0.25, 0.3) is 0 Å². The summed E-state index contributed by atoms with van der Waals surface area (Å²) in [5.41, 5.74) is 0. The lowest BCUT2D eigenvalue weighted by Crippen LogP contribution is -2.23. The molecule has 1 unspecified atom stereocenters. The molecular formula is C10H10F3N3OS. The number of halogens is 3. The molecule has 1 atom stereocenters. The Balaban J connectivity index is 1.99. The summed E-state index contributed by atoms with van der Waals surface area (Å²) < 4.78 is 36.8. The molecule has 0 radical (unpaired) electrons. The zero-order valence-corrected chi connectivity index (χ0v) is 10.0. The maximum atomic E-state index is 12.3. The third kappa shape index (κ3) is 3.06. The van der Waals surface area contributed by atoms with Crippen molar-refractivity contribution in [2.45, 2.75) is 25.4 Å². The second-order valence-corrected chi connectivity index (χ2v) is 4.86. The van der Waals surface area contributed by atoms with Crippen LogP contribution in [0.2, 0.25) is 0 Å². The van der Waals surface area contributed by atoms with Gasteiger partial charge in [0.15, 0.2) is 0 Å². The van der Waals surface area contributed by atoms with E-state index in [2.05, 4.69) is 15.5 Å². The van der Waals surface area contributed by atoms with Gasteiger partial charge in [-0.2, -0.15) is 13.2 Å². The van der Waals surface area contributed by atoms with Crippen molar-refractivity contribution in [3.8, 4) is 0 Å². The standard InChI is InChI=1S/C10H10F3N3OS/c11-10(12,13)8-15-16-9(18-8)14-7(17)6-4-2-1-3-5-6/h1-2,6H,3-5H2,(H,14,16,17). The quantitative estimate of drug-likeness (QED) is 0.846. The third-order valence-corrected chi connectivity index (χ3v) is 3.42. The molecule has 1 amide bonds. The fraction of sp³-hybridized carbons (Fsp3) is 0.500. The minimum absolute atomic E-state index is 0.109. The summed E-state index contributed by atoms with van der Waals surface area (Å²) in [6.07, 6.45) is 1.48. The zero-order chi connectivity index (χ0) is 13.2. The number of carbonyl (C=O) groups excluding carboxylic acids is 1. The number of nitrogens with zero attached hydrogens (tertiary/aromatic N) is 2. The molecule has 0 aliphatic heterocycles. The van der Waals surface area contributed by atoms with E-state index in [1.54, 1.807) is 0 Å². The summed E-state index contributed by atoms with van der Waals surface area (Å²) in [6.45, 7) is 0. The normalized spacial score (nSPS) is 19.8.